The van der Waals surface area contributed by atoms with Crippen LogP contribution >= 0.6 is 11.8 Å². The van der Waals surface area contributed by atoms with E-state index >= 15 is 0 Å². The molecule has 3 rings (SSSR count). The van der Waals surface area contributed by atoms with Crippen LogP contribution in [0, 0.1) is 0 Å². The normalized spacial score (nSPS) is 10.9. The molecular weight excluding hydrogens is 240 g/mol. The Hall–Kier alpha value is -1.74. The summed E-state index contributed by atoms with van der Waals surface area (Å²) in [6.07, 6.45) is 0. The van der Waals surface area contributed by atoms with E-state index in [0.717, 1.165) is 22.6 Å². The molecule has 90 valence electrons. The van der Waals surface area contributed by atoms with E-state index in [4.69, 9.17) is 0 Å². The van der Waals surface area contributed by atoms with Crippen molar-refractivity contribution in [3.8, 4) is 11.4 Å². The van der Waals surface area contributed by atoms with E-state index < -0.39 is 0 Å². The number of fused-ring (bicyclic) bond motifs is 1. The van der Waals surface area contributed by atoms with Crippen molar-refractivity contribution in [2.45, 2.75) is 11.8 Å². The number of benzene rings is 2. The second-order valence-electron chi connectivity index (χ2n) is 4.03. The molecule has 0 radical (unpaired) electrons. The first-order valence-corrected chi connectivity index (χ1v) is 7.04. The SMILES string of the molecule is CCSc1ccccc1-c1nc2ccccc2[nH]1. The monoisotopic (exact) mass is 254 g/mol. The predicted molar refractivity (Wildman–Crippen MR) is 77.9 cm³/mol. The highest BCUT2D eigenvalue weighted by atomic mass is 32.2. The molecule has 0 aliphatic carbocycles. The average Bonchev–Trinajstić information content (AvgIpc) is 2.83. The Labute approximate surface area is 110 Å². The molecule has 2 nitrogen and oxygen atoms in total. The molecule has 0 saturated carbocycles. The van der Waals surface area contributed by atoms with Crippen molar-refractivity contribution in [2.24, 2.45) is 0 Å². The Kier molecular flexibility index (Phi) is 3.07. The zero-order valence-corrected chi connectivity index (χ0v) is 11.0. The molecule has 0 fully saturated rings. The van der Waals surface area contributed by atoms with Gasteiger partial charge in [0.15, 0.2) is 0 Å². The molecule has 0 atom stereocenters. The molecule has 0 amide bonds. The van der Waals surface area contributed by atoms with Crippen LogP contribution in [0.4, 0.5) is 0 Å². The van der Waals surface area contributed by atoms with Gasteiger partial charge in [-0.1, -0.05) is 37.3 Å². The highest BCUT2D eigenvalue weighted by Gasteiger charge is 2.08. The highest BCUT2D eigenvalue weighted by Crippen LogP contribution is 2.30. The molecule has 0 spiro atoms. The van der Waals surface area contributed by atoms with Crippen molar-refractivity contribution in [3.63, 3.8) is 0 Å². The number of aromatic amines is 1. The van der Waals surface area contributed by atoms with E-state index in [0.29, 0.717) is 0 Å². The summed E-state index contributed by atoms with van der Waals surface area (Å²) >= 11 is 1.85. The van der Waals surface area contributed by atoms with Gasteiger partial charge >= 0.3 is 0 Å². The average molecular weight is 254 g/mol. The minimum absolute atomic E-state index is 0.952. The van der Waals surface area contributed by atoms with Gasteiger partial charge < -0.3 is 4.98 Å². The van der Waals surface area contributed by atoms with Crippen LogP contribution in [0.2, 0.25) is 0 Å². The van der Waals surface area contributed by atoms with Crippen molar-refractivity contribution in [1.29, 1.82) is 0 Å². The van der Waals surface area contributed by atoms with Gasteiger partial charge in [-0.3, -0.25) is 0 Å². The lowest BCUT2D eigenvalue weighted by Crippen LogP contribution is -1.84. The van der Waals surface area contributed by atoms with Crippen LogP contribution in [-0.4, -0.2) is 15.7 Å². The third-order valence-corrected chi connectivity index (χ3v) is 3.79. The molecule has 3 heteroatoms. The number of thioether (sulfide) groups is 1. The number of aromatic nitrogens is 2. The van der Waals surface area contributed by atoms with Crippen molar-refractivity contribution < 1.29 is 0 Å². The van der Waals surface area contributed by atoms with Crippen LogP contribution in [-0.2, 0) is 0 Å². The lowest BCUT2D eigenvalue weighted by molar-refractivity contribution is 1.29. The maximum Gasteiger partial charge on any atom is 0.139 e. The molecule has 1 N–H and O–H groups in total. The molecule has 2 aromatic carbocycles. The van der Waals surface area contributed by atoms with Crippen LogP contribution < -0.4 is 0 Å². The predicted octanol–water partition coefficient (Wildman–Crippen LogP) is 4.34. The van der Waals surface area contributed by atoms with Gasteiger partial charge in [0.25, 0.3) is 0 Å². The molecule has 0 unspecified atom stereocenters. The van der Waals surface area contributed by atoms with Gasteiger partial charge in [0, 0.05) is 10.5 Å². The number of para-hydroxylation sites is 2. The topological polar surface area (TPSA) is 28.7 Å². The van der Waals surface area contributed by atoms with Crippen molar-refractivity contribution in [3.05, 3.63) is 48.5 Å². The molecule has 1 heterocycles. The number of imidazole rings is 1. The zero-order chi connectivity index (χ0) is 12.4. The van der Waals surface area contributed by atoms with Crippen LogP contribution in [0.3, 0.4) is 0 Å². The van der Waals surface area contributed by atoms with Crippen LogP contribution in [0.1, 0.15) is 6.92 Å². The van der Waals surface area contributed by atoms with E-state index in [2.05, 4.69) is 47.2 Å². The largest absolute Gasteiger partial charge is 0.338 e. The first-order chi connectivity index (χ1) is 8.88. The Morgan fingerprint density at radius 2 is 1.83 bits per heavy atom. The first-order valence-electron chi connectivity index (χ1n) is 6.05. The van der Waals surface area contributed by atoms with Gasteiger partial charge in [-0.15, -0.1) is 11.8 Å². The van der Waals surface area contributed by atoms with E-state index in [1.807, 2.05) is 30.0 Å². The third-order valence-electron chi connectivity index (χ3n) is 2.83. The molecule has 0 aliphatic heterocycles. The lowest BCUT2D eigenvalue weighted by atomic mass is 10.2. The smallest absolute Gasteiger partial charge is 0.139 e. The Morgan fingerprint density at radius 1 is 1.06 bits per heavy atom. The molecule has 0 aliphatic rings. The number of H-pyrrole nitrogens is 1. The summed E-state index contributed by atoms with van der Waals surface area (Å²) in [6.45, 7) is 2.17. The van der Waals surface area contributed by atoms with Gasteiger partial charge in [0.2, 0.25) is 0 Å². The molecule has 18 heavy (non-hydrogen) atoms. The van der Waals surface area contributed by atoms with Gasteiger partial charge in [-0.25, -0.2) is 4.98 Å². The Morgan fingerprint density at radius 3 is 2.67 bits per heavy atom. The summed E-state index contributed by atoms with van der Waals surface area (Å²) in [5.41, 5.74) is 3.29. The summed E-state index contributed by atoms with van der Waals surface area (Å²) in [5.74, 6) is 2.02. The van der Waals surface area contributed by atoms with Gasteiger partial charge in [-0.05, 0) is 24.0 Å². The van der Waals surface area contributed by atoms with Gasteiger partial charge in [-0.2, -0.15) is 0 Å². The summed E-state index contributed by atoms with van der Waals surface area (Å²) in [5, 5.41) is 0. The fourth-order valence-electron chi connectivity index (χ4n) is 2.02. The molecule has 3 aromatic rings. The van der Waals surface area contributed by atoms with Crippen molar-refractivity contribution >= 4 is 22.8 Å². The first kappa shape index (κ1) is 11.4. The quantitative estimate of drug-likeness (QED) is 0.704. The maximum absolute atomic E-state index is 4.66. The molecule has 0 bridgehead atoms. The minimum Gasteiger partial charge on any atom is -0.338 e. The van der Waals surface area contributed by atoms with E-state index in [-0.39, 0.29) is 0 Å². The van der Waals surface area contributed by atoms with Crippen molar-refractivity contribution in [2.75, 3.05) is 5.75 Å². The second-order valence-corrected chi connectivity index (χ2v) is 5.34. The summed E-state index contributed by atoms with van der Waals surface area (Å²) in [4.78, 5) is 9.32. The Bertz CT molecular complexity index is 640. The summed E-state index contributed by atoms with van der Waals surface area (Å²) in [7, 11) is 0. The lowest BCUT2D eigenvalue weighted by Gasteiger charge is -2.04. The van der Waals surface area contributed by atoms with Crippen molar-refractivity contribution in [1.82, 2.24) is 9.97 Å². The fraction of sp³-hybridized carbons (Fsp3) is 0.133. The maximum atomic E-state index is 4.66. The number of hydrogen-bond donors (Lipinski definition) is 1. The third kappa shape index (κ3) is 2.02. The minimum atomic E-state index is 0.952. The van der Waals surface area contributed by atoms with E-state index in [9.17, 15) is 0 Å². The van der Waals surface area contributed by atoms with Gasteiger partial charge in [0.1, 0.15) is 5.82 Å². The van der Waals surface area contributed by atoms with E-state index in [1.165, 1.54) is 10.5 Å². The molecule has 1 aromatic heterocycles. The Balaban J connectivity index is 2.13. The summed E-state index contributed by atoms with van der Waals surface area (Å²) < 4.78 is 0. The van der Waals surface area contributed by atoms with Crippen LogP contribution in [0.5, 0.6) is 0 Å². The second kappa shape index (κ2) is 4.86. The fourth-order valence-corrected chi connectivity index (χ4v) is 2.83. The molecular formula is C15H14N2S. The van der Waals surface area contributed by atoms with Crippen LogP contribution in [0.25, 0.3) is 22.4 Å². The standard InChI is InChI=1S/C15H14N2S/c1-2-18-14-10-6-3-7-11(14)15-16-12-8-4-5-9-13(12)17-15/h3-10H,2H2,1H3,(H,16,17). The number of nitrogens with zero attached hydrogens (tertiary/aromatic N) is 1. The number of hydrogen-bond acceptors (Lipinski definition) is 2. The van der Waals surface area contributed by atoms with E-state index in [1.54, 1.807) is 0 Å². The summed E-state index contributed by atoms with van der Waals surface area (Å²) in [6, 6.07) is 16.5. The highest BCUT2D eigenvalue weighted by molar-refractivity contribution is 7.99. The number of rotatable bonds is 3. The van der Waals surface area contributed by atoms with Crippen LogP contribution in [0.15, 0.2) is 53.4 Å². The molecule has 0 saturated heterocycles. The number of nitrogens with one attached hydrogen (secondary N) is 1. The van der Waals surface area contributed by atoms with Gasteiger partial charge in [0.05, 0.1) is 11.0 Å². The zero-order valence-electron chi connectivity index (χ0n) is 10.2.